The molecule has 0 unspecified atom stereocenters. The number of aromatic nitrogens is 2. The highest BCUT2D eigenvalue weighted by Gasteiger charge is 2.13. The maximum Gasteiger partial charge on any atom is 0.272 e. The molecular formula is C16H17N3O2S2. The number of fused-ring (bicyclic) bond motifs is 3. The zero-order chi connectivity index (χ0) is 16.6. The number of carbonyl (C=O) groups is 1. The van der Waals surface area contributed by atoms with Crippen LogP contribution in [0.15, 0.2) is 29.1 Å². The zero-order valence-corrected chi connectivity index (χ0v) is 14.5. The molecule has 0 bridgehead atoms. The Balaban J connectivity index is 2.02. The van der Waals surface area contributed by atoms with Crippen molar-refractivity contribution < 1.29 is 4.79 Å². The molecular weight excluding hydrogens is 330 g/mol. The third-order valence-corrected chi connectivity index (χ3v) is 5.01. The molecule has 0 saturated heterocycles. The van der Waals surface area contributed by atoms with E-state index >= 15 is 0 Å². The number of H-pyrrole nitrogens is 1. The average Bonchev–Trinajstić information content (AvgIpc) is 2.85. The maximum absolute atomic E-state index is 12.7. The summed E-state index contributed by atoms with van der Waals surface area (Å²) in [5.41, 5.74) is 0.644. The van der Waals surface area contributed by atoms with Crippen molar-refractivity contribution in [2.45, 2.75) is 32.9 Å². The minimum atomic E-state index is -0.137. The molecule has 3 aromatic rings. The largest absolute Gasteiger partial charge is 0.354 e. The lowest BCUT2D eigenvalue weighted by molar-refractivity contribution is -0.121. The van der Waals surface area contributed by atoms with E-state index in [-0.39, 0.29) is 30.5 Å². The first-order valence-corrected chi connectivity index (χ1v) is 8.63. The van der Waals surface area contributed by atoms with Crippen molar-refractivity contribution in [3.63, 3.8) is 0 Å². The van der Waals surface area contributed by atoms with Gasteiger partial charge in [0.25, 0.3) is 5.56 Å². The van der Waals surface area contributed by atoms with E-state index in [9.17, 15) is 9.59 Å². The molecule has 0 aliphatic rings. The van der Waals surface area contributed by atoms with E-state index in [1.165, 1.54) is 15.9 Å². The SMILES string of the molecule is CC(C)NC(=O)CCn1c(=S)[nH]c2c(sc3ccccc32)c1=O. The molecule has 0 fully saturated rings. The minimum absolute atomic E-state index is 0.0823. The van der Waals surface area contributed by atoms with E-state index in [0.29, 0.717) is 9.47 Å². The number of nitrogens with zero attached hydrogens (tertiary/aromatic N) is 1. The fourth-order valence-electron chi connectivity index (χ4n) is 2.52. The monoisotopic (exact) mass is 347 g/mol. The van der Waals surface area contributed by atoms with Crippen LogP contribution in [0.5, 0.6) is 0 Å². The van der Waals surface area contributed by atoms with Gasteiger partial charge in [0.2, 0.25) is 5.91 Å². The van der Waals surface area contributed by atoms with Gasteiger partial charge in [0, 0.05) is 29.1 Å². The summed E-state index contributed by atoms with van der Waals surface area (Å²) in [4.78, 5) is 27.6. The highest BCUT2D eigenvalue weighted by atomic mass is 32.1. The van der Waals surface area contributed by atoms with Gasteiger partial charge in [-0.25, -0.2) is 0 Å². The van der Waals surface area contributed by atoms with Gasteiger partial charge in [-0.1, -0.05) is 18.2 Å². The Bertz CT molecular complexity index is 998. The first-order chi connectivity index (χ1) is 11.0. The van der Waals surface area contributed by atoms with E-state index < -0.39 is 0 Å². The summed E-state index contributed by atoms with van der Waals surface area (Å²) in [6.07, 6.45) is 0.228. The first-order valence-electron chi connectivity index (χ1n) is 7.41. The second-order valence-corrected chi connectivity index (χ2v) is 7.10. The Morgan fingerprint density at radius 2 is 2.13 bits per heavy atom. The van der Waals surface area contributed by atoms with Gasteiger partial charge in [0.15, 0.2) is 4.77 Å². The Hall–Kier alpha value is -1.99. The molecule has 0 radical (unpaired) electrons. The molecule has 1 aromatic carbocycles. The van der Waals surface area contributed by atoms with E-state index in [0.717, 1.165) is 15.6 Å². The molecule has 2 N–H and O–H groups in total. The van der Waals surface area contributed by atoms with Gasteiger partial charge in [-0.15, -0.1) is 11.3 Å². The summed E-state index contributed by atoms with van der Waals surface area (Å²) >= 11 is 6.76. The van der Waals surface area contributed by atoms with E-state index in [1.807, 2.05) is 38.1 Å². The fourth-order valence-corrected chi connectivity index (χ4v) is 3.90. The maximum atomic E-state index is 12.7. The number of thiophene rings is 1. The first kappa shape index (κ1) is 15.9. The lowest BCUT2D eigenvalue weighted by atomic mass is 10.2. The van der Waals surface area contributed by atoms with Crippen LogP contribution in [0.4, 0.5) is 0 Å². The molecule has 0 aliphatic carbocycles. The summed E-state index contributed by atoms with van der Waals surface area (Å²) in [5, 5.41) is 3.82. The Labute approximate surface area is 142 Å². The molecule has 3 rings (SSSR count). The normalized spacial score (nSPS) is 11.4. The van der Waals surface area contributed by atoms with Gasteiger partial charge >= 0.3 is 0 Å². The summed E-state index contributed by atoms with van der Waals surface area (Å²) in [7, 11) is 0. The number of benzene rings is 1. The van der Waals surface area contributed by atoms with E-state index in [2.05, 4.69) is 10.3 Å². The van der Waals surface area contributed by atoms with Crippen LogP contribution >= 0.6 is 23.6 Å². The standard InChI is InChI=1S/C16H17N3O2S2/c1-9(2)17-12(20)7-8-19-15(21)14-13(18-16(19)22)10-5-3-4-6-11(10)23-14/h3-6,9H,7-8H2,1-2H3,(H,17,20)(H,18,22). The van der Waals surface area contributed by atoms with Crippen LogP contribution in [-0.4, -0.2) is 21.5 Å². The fraction of sp³-hybridized carbons (Fsp3) is 0.312. The minimum Gasteiger partial charge on any atom is -0.354 e. The smallest absolute Gasteiger partial charge is 0.272 e. The molecule has 5 nitrogen and oxygen atoms in total. The predicted octanol–water partition coefficient (Wildman–Crippen LogP) is 3.19. The number of aromatic amines is 1. The summed E-state index contributed by atoms with van der Waals surface area (Å²) in [6.45, 7) is 4.08. The van der Waals surface area contributed by atoms with Crippen molar-refractivity contribution in [1.82, 2.24) is 14.9 Å². The van der Waals surface area contributed by atoms with Crippen molar-refractivity contribution in [3.05, 3.63) is 39.4 Å². The molecule has 2 aromatic heterocycles. The third kappa shape index (κ3) is 3.07. The van der Waals surface area contributed by atoms with Crippen molar-refractivity contribution in [1.29, 1.82) is 0 Å². The summed E-state index contributed by atoms with van der Waals surface area (Å²) < 4.78 is 3.50. The second-order valence-electron chi connectivity index (χ2n) is 5.66. The highest BCUT2D eigenvalue weighted by Crippen LogP contribution is 2.29. The van der Waals surface area contributed by atoms with Crippen LogP contribution in [0.2, 0.25) is 0 Å². The van der Waals surface area contributed by atoms with Crippen LogP contribution in [0.1, 0.15) is 20.3 Å². The summed E-state index contributed by atoms with van der Waals surface area (Å²) in [5.74, 6) is -0.0854. The van der Waals surface area contributed by atoms with Crippen molar-refractivity contribution >= 4 is 49.8 Å². The number of hydrogen-bond acceptors (Lipinski definition) is 4. The Kier molecular flexibility index (Phi) is 4.32. The molecule has 1 amide bonds. The molecule has 0 atom stereocenters. The number of rotatable bonds is 4. The lowest BCUT2D eigenvalue weighted by Gasteiger charge is -2.09. The quantitative estimate of drug-likeness (QED) is 0.712. The zero-order valence-electron chi connectivity index (χ0n) is 12.9. The predicted molar refractivity (Wildman–Crippen MR) is 96.7 cm³/mol. The Morgan fingerprint density at radius 3 is 2.87 bits per heavy atom. The van der Waals surface area contributed by atoms with E-state index in [1.54, 1.807) is 0 Å². The van der Waals surface area contributed by atoms with Crippen LogP contribution in [0.25, 0.3) is 20.3 Å². The average molecular weight is 347 g/mol. The lowest BCUT2D eigenvalue weighted by Crippen LogP contribution is -2.32. The third-order valence-electron chi connectivity index (χ3n) is 3.52. The van der Waals surface area contributed by atoms with Gasteiger partial charge < -0.3 is 10.3 Å². The van der Waals surface area contributed by atoms with Gasteiger partial charge in [-0.3, -0.25) is 14.2 Å². The number of nitrogens with one attached hydrogen (secondary N) is 2. The van der Waals surface area contributed by atoms with Gasteiger partial charge in [0.05, 0.1) is 5.52 Å². The van der Waals surface area contributed by atoms with Crippen LogP contribution < -0.4 is 10.9 Å². The second kappa shape index (κ2) is 6.25. The number of amides is 1. The van der Waals surface area contributed by atoms with Crippen molar-refractivity contribution in [3.8, 4) is 0 Å². The molecule has 0 aliphatic heterocycles. The van der Waals surface area contributed by atoms with Crippen LogP contribution in [0.3, 0.4) is 0 Å². The molecule has 0 spiro atoms. The van der Waals surface area contributed by atoms with Gasteiger partial charge in [-0.2, -0.15) is 0 Å². The molecule has 120 valence electrons. The van der Waals surface area contributed by atoms with Crippen LogP contribution in [0, 0.1) is 4.77 Å². The van der Waals surface area contributed by atoms with Crippen molar-refractivity contribution in [2.24, 2.45) is 0 Å². The number of carbonyl (C=O) groups excluding carboxylic acids is 1. The van der Waals surface area contributed by atoms with Crippen molar-refractivity contribution in [2.75, 3.05) is 0 Å². The summed E-state index contributed by atoms with van der Waals surface area (Å²) in [6, 6.07) is 7.92. The Morgan fingerprint density at radius 1 is 1.39 bits per heavy atom. The van der Waals surface area contributed by atoms with Gasteiger partial charge in [0.1, 0.15) is 4.70 Å². The van der Waals surface area contributed by atoms with E-state index in [4.69, 9.17) is 12.2 Å². The molecule has 2 heterocycles. The molecule has 7 heteroatoms. The number of hydrogen-bond donors (Lipinski definition) is 2. The molecule has 23 heavy (non-hydrogen) atoms. The molecule has 0 saturated carbocycles. The van der Waals surface area contributed by atoms with Crippen LogP contribution in [-0.2, 0) is 11.3 Å². The topological polar surface area (TPSA) is 66.9 Å². The highest BCUT2D eigenvalue weighted by molar-refractivity contribution is 7.71. The van der Waals surface area contributed by atoms with Gasteiger partial charge in [-0.05, 0) is 32.1 Å².